The number of sulfonamides is 1. The molecule has 130 valence electrons. The van der Waals surface area contributed by atoms with Crippen molar-refractivity contribution in [1.82, 2.24) is 4.72 Å². The summed E-state index contributed by atoms with van der Waals surface area (Å²) in [6.07, 6.45) is 3.92. The third-order valence-electron chi connectivity index (χ3n) is 4.49. The van der Waals surface area contributed by atoms with Crippen LogP contribution in [0.1, 0.15) is 31.2 Å². The Hall–Kier alpha value is -1.31. The number of hydrogen-bond donors (Lipinski definition) is 2. The lowest BCUT2D eigenvalue weighted by Gasteiger charge is -2.31. The van der Waals surface area contributed by atoms with Crippen molar-refractivity contribution in [3.63, 3.8) is 0 Å². The Morgan fingerprint density at radius 1 is 1.17 bits per heavy atom. The van der Waals surface area contributed by atoms with Gasteiger partial charge >= 0.3 is 0 Å². The summed E-state index contributed by atoms with van der Waals surface area (Å²) in [7, 11) is -0.618. The van der Waals surface area contributed by atoms with Crippen LogP contribution >= 0.6 is 0 Å². The number of aryl methyl sites for hydroxylation is 1. The zero-order chi connectivity index (χ0) is 17.0. The van der Waals surface area contributed by atoms with Crippen LogP contribution in [0.4, 0.5) is 0 Å². The SMILES string of the molecule is COc1cc(C)c(S(=O)(=O)NC2CCCCC2CN)cc1OC. The molecule has 7 heteroatoms. The number of nitrogens with one attached hydrogen (secondary N) is 1. The van der Waals surface area contributed by atoms with Crippen molar-refractivity contribution >= 4 is 10.0 Å². The molecule has 0 radical (unpaired) electrons. The molecule has 1 fully saturated rings. The largest absolute Gasteiger partial charge is 0.493 e. The van der Waals surface area contributed by atoms with E-state index in [1.807, 2.05) is 0 Å². The van der Waals surface area contributed by atoms with Gasteiger partial charge in [-0.05, 0) is 43.9 Å². The Morgan fingerprint density at radius 2 is 1.78 bits per heavy atom. The summed E-state index contributed by atoms with van der Waals surface area (Å²) in [5.41, 5.74) is 6.41. The normalized spacial score (nSPS) is 21.9. The fourth-order valence-corrected chi connectivity index (χ4v) is 4.74. The fraction of sp³-hybridized carbons (Fsp3) is 0.625. The summed E-state index contributed by atoms with van der Waals surface area (Å²) >= 11 is 0. The molecule has 0 aliphatic heterocycles. The van der Waals surface area contributed by atoms with Crippen LogP contribution in [0.25, 0.3) is 0 Å². The van der Waals surface area contributed by atoms with Crippen molar-refractivity contribution in [3.05, 3.63) is 17.7 Å². The van der Waals surface area contributed by atoms with Gasteiger partial charge in [0.15, 0.2) is 11.5 Å². The van der Waals surface area contributed by atoms with Gasteiger partial charge < -0.3 is 15.2 Å². The second kappa shape index (κ2) is 7.51. The van der Waals surface area contributed by atoms with E-state index in [0.29, 0.717) is 23.6 Å². The molecule has 1 saturated carbocycles. The van der Waals surface area contributed by atoms with Crippen molar-refractivity contribution < 1.29 is 17.9 Å². The molecule has 23 heavy (non-hydrogen) atoms. The monoisotopic (exact) mass is 342 g/mol. The number of benzene rings is 1. The van der Waals surface area contributed by atoms with E-state index in [-0.39, 0.29) is 16.9 Å². The van der Waals surface area contributed by atoms with Gasteiger partial charge in [0.2, 0.25) is 10.0 Å². The van der Waals surface area contributed by atoms with E-state index in [1.54, 1.807) is 13.0 Å². The zero-order valence-electron chi connectivity index (χ0n) is 14.0. The van der Waals surface area contributed by atoms with E-state index in [1.165, 1.54) is 20.3 Å². The Balaban J connectivity index is 2.32. The highest BCUT2D eigenvalue weighted by Crippen LogP contribution is 2.33. The average molecular weight is 342 g/mol. The molecule has 0 spiro atoms. The molecule has 0 aromatic heterocycles. The van der Waals surface area contributed by atoms with Crippen LogP contribution in [0.15, 0.2) is 17.0 Å². The molecule has 0 bridgehead atoms. The van der Waals surface area contributed by atoms with Crippen molar-refractivity contribution in [2.24, 2.45) is 11.7 Å². The van der Waals surface area contributed by atoms with Gasteiger partial charge in [-0.15, -0.1) is 0 Å². The third kappa shape index (κ3) is 3.97. The molecule has 2 unspecified atom stereocenters. The fourth-order valence-electron chi connectivity index (χ4n) is 3.16. The number of ether oxygens (including phenoxy) is 2. The second-order valence-electron chi connectivity index (χ2n) is 5.98. The summed E-state index contributed by atoms with van der Waals surface area (Å²) in [6.45, 7) is 2.25. The van der Waals surface area contributed by atoms with Gasteiger partial charge in [-0.3, -0.25) is 0 Å². The Morgan fingerprint density at radius 3 is 2.39 bits per heavy atom. The smallest absolute Gasteiger partial charge is 0.241 e. The molecule has 1 aliphatic carbocycles. The van der Waals surface area contributed by atoms with Gasteiger partial charge in [-0.1, -0.05) is 12.8 Å². The highest BCUT2D eigenvalue weighted by atomic mass is 32.2. The highest BCUT2D eigenvalue weighted by molar-refractivity contribution is 7.89. The van der Waals surface area contributed by atoms with Gasteiger partial charge in [0, 0.05) is 12.1 Å². The first-order valence-corrected chi connectivity index (χ1v) is 9.36. The van der Waals surface area contributed by atoms with Crippen LogP contribution < -0.4 is 19.9 Å². The maximum atomic E-state index is 12.8. The van der Waals surface area contributed by atoms with E-state index in [0.717, 1.165) is 25.7 Å². The Labute approximate surface area is 138 Å². The van der Waals surface area contributed by atoms with E-state index in [4.69, 9.17) is 15.2 Å². The van der Waals surface area contributed by atoms with Crippen LogP contribution in [0.5, 0.6) is 11.5 Å². The molecule has 0 heterocycles. The standard InChI is InChI=1S/C16H26N2O4S/c1-11-8-14(21-2)15(22-3)9-16(11)23(19,20)18-13-7-5-4-6-12(13)10-17/h8-9,12-13,18H,4-7,10,17H2,1-3H3. The predicted molar refractivity (Wildman–Crippen MR) is 89.4 cm³/mol. The second-order valence-corrected chi connectivity index (χ2v) is 7.66. The van der Waals surface area contributed by atoms with E-state index in [2.05, 4.69) is 4.72 Å². The average Bonchev–Trinajstić information content (AvgIpc) is 2.54. The first-order chi connectivity index (χ1) is 10.9. The van der Waals surface area contributed by atoms with Gasteiger partial charge in [-0.2, -0.15) is 0 Å². The first kappa shape index (κ1) is 18.0. The molecule has 1 aromatic carbocycles. The molecule has 1 aromatic rings. The lowest BCUT2D eigenvalue weighted by molar-refractivity contribution is 0.296. The molecular formula is C16H26N2O4S. The molecule has 2 atom stereocenters. The topological polar surface area (TPSA) is 90.7 Å². The maximum Gasteiger partial charge on any atom is 0.241 e. The zero-order valence-corrected chi connectivity index (χ0v) is 14.8. The summed E-state index contributed by atoms with van der Waals surface area (Å²) in [4.78, 5) is 0.219. The van der Waals surface area contributed by atoms with Crippen LogP contribution in [0.3, 0.4) is 0 Å². The van der Waals surface area contributed by atoms with E-state index < -0.39 is 10.0 Å². The minimum absolute atomic E-state index is 0.105. The van der Waals surface area contributed by atoms with Crippen LogP contribution in [-0.2, 0) is 10.0 Å². The molecule has 0 amide bonds. The van der Waals surface area contributed by atoms with Crippen LogP contribution in [-0.4, -0.2) is 35.2 Å². The molecule has 6 nitrogen and oxygen atoms in total. The minimum Gasteiger partial charge on any atom is -0.493 e. The summed E-state index contributed by atoms with van der Waals surface area (Å²) < 4.78 is 38.9. The minimum atomic E-state index is -3.63. The van der Waals surface area contributed by atoms with Gasteiger partial charge in [-0.25, -0.2) is 13.1 Å². The van der Waals surface area contributed by atoms with E-state index >= 15 is 0 Å². The number of methoxy groups -OCH3 is 2. The first-order valence-electron chi connectivity index (χ1n) is 7.88. The van der Waals surface area contributed by atoms with Crippen molar-refractivity contribution in [2.75, 3.05) is 20.8 Å². The number of nitrogens with two attached hydrogens (primary N) is 1. The lowest BCUT2D eigenvalue weighted by atomic mass is 9.85. The van der Waals surface area contributed by atoms with Crippen molar-refractivity contribution in [1.29, 1.82) is 0 Å². The maximum absolute atomic E-state index is 12.8. The number of hydrogen-bond acceptors (Lipinski definition) is 5. The molecule has 0 saturated heterocycles. The molecule has 1 aliphatic rings. The molecule has 3 N–H and O–H groups in total. The summed E-state index contributed by atoms with van der Waals surface area (Å²) in [6, 6.07) is 3.08. The van der Waals surface area contributed by atoms with Gasteiger partial charge in [0.1, 0.15) is 0 Å². The van der Waals surface area contributed by atoms with Gasteiger partial charge in [0.25, 0.3) is 0 Å². The predicted octanol–water partition coefficient (Wildman–Crippen LogP) is 1.81. The van der Waals surface area contributed by atoms with Crippen molar-refractivity contribution in [3.8, 4) is 11.5 Å². The Kier molecular flexibility index (Phi) is 5.89. The summed E-state index contributed by atoms with van der Waals surface area (Å²) in [5.74, 6) is 1.11. The summed E-state index contributed by atoms with van der Waals surface area (Å²) in [5, 5.41) is 0. The van der Waals surface area contributed by atoms with Gasteiger partial charge in [0.05, 0.1) is 19.1 Å². The van der Waals surface area contributed by atoms with E-state index in [9.17, 15) is 8.42 Å². The number of rotatable bonds is 6. The van der Waals surface area contributed by atoms with Crippen LogP contribution in [0, 0.1) is 12.8 Å². The molecule has 2 rings (SSSR count). The van der Waals surface area contributed by atoms with Crippen molar-refractivity contribution in [2.45, 2.75) is 43.5 Å². The third-order valence-corrected chi connectivity index (χ3v) is 6.12. The Bertz CT molecular complexity index is 646. The highest BCUT2D eigenvalue weighted by Gasteiger charge is 2.30. The lowest BCUT2D eigenvalue weighted by Crippen LogP contribution is -2.44. The quantitative estimate of drug-likeness (QED) is 0.823. The molecular weight excluding hydrogens is 316 g/mol. The van der Waals surface area contributed by atoms with Crippen LogP contribution in [0.2, 0.25) is 0 Å².